The van der Waals surface area contributed by atoms with E-state index in [0.717, 1.165) is 28.6 Å². The van der Waals surface area contributed by atoms with Gasteiger partial charge in [0.25, 0.3) is 0 Å². The second kappa shape index (κ2) is 6.08. The lowest BCUT2D eigenvalue weighted by molar-refractivity contribution is 0.916. The molecule has 0 bridgehead atoms. The molecule has 0 atom stereocenters. The summed E-state index contributed by atoms with van der Waals surface area (Å²) in [5.74, 6) is 1.48. The largest absolute Gasteiger partial charge is 0.363 e. The predicted molar refractivity (Wildman–Crippen MR) is 92.5 cm³/mol. The molecule has 0 unspecified atom stereocenters. The summed E-state index contributed by atoms with van der Waals surface area (Å²) in [4.78, 5) is 4.48. The van der Waals surface area contributed by atoms with E-state index in [0.29, 0.717) is 12.2 Å². The molecule has 6 nitrogen and oxygen atoms in total. The molecule has 0 saturated heterocycles. The Morgan fingerprint density at radius 3 is 2.62 bits per heavy atom. The number of fused-ring (bicyclic) bond motifs is 1. The maximum atomic E-state index is 4.60. The van der Waals surface area contributed by atoms with E-state index in [4.69, 9.17) is 0 Å². The molecular weight excluding hydrogens is 300 g/mol. The van der Waals surface area contributed by atoms with Crippen molar-refractivity contribution >= 4 is 11.5 Å². The Morgan fingerprint density at radius 1 is 0.917 bits per heavy atom. The Bertz CT molecular complexity index is 977. The zero-order chi connectivity index (χ0) is 16.4. The van der Waals surface area contributed by atoms with Crippen molar-refractivity contribution in [2.75, 3.05) is 5.32 Å². The van der Waals surface area contributed by atoms with Crippen LogP contribution in [0, 0.1) is 6.92 Å². The Morgan fingerprint density at radius 2 is 1.79 bits per heavy atom. The van der Waals surface area contributed by atoms with Gasteiger partial charge in [-0.05, 0) is 31.2 Å². The van der Waals surface area contributed by atoms with E-state index in [1.54, 1.807) is 4.52 Å². The van der Waals surface area contributed by atoms with Gasteiger partial charge in [0.1, 0.15) is 5.82 Å². The molecule has 0 aliphatic rings. The molecule has 4 aromatic rings. The normalized spacial score (nSPS) is 10.9. The number of benzene rings is 1. The van der Waals surface area contributed by atoms with Crippen LogP contribution in [0.2, 0.25) is 0 Å². The number of anilines is 1. The van der Waals surface area contributed by atoms with E-state index >= 15 is 0 Å². The van der Waals surface area contributed by atoms with Crippen LogP contribution >= 0.6 is 0 Å². The molecule has 1 N–H and O–H groups in total. The number of nitrogens with zero attached hydrogens (tertiary/aromatic N) is 5. The van der Waals surface area contributed by atoms with Gasteiger partial charge < -0.3 is 5.32 Å². The molecule has 1 aromatic carbocycles. The fraction of sp³-hybridized carbons (Fsp3) is 0.111. The lowest BCUT2D eigenvalue weighted by Gasteiger charge is -2.06. The van der Waals surface area contributed by atoms with Crippen LogP contribution in [0.1, 0.15) is 11.4 Å². The molecule has 0 saturated carbocycles. The van der Waals surface area contributed by atoms with Crippen molar-refractivity contribution < 1.29 is 0 Å². The topological polar surface area (TPSA) is 68.0 Å². The van der Waals surface area contributed by atoms with Gasteiger partial charge in [-0.25, -0.2) is 0 Å². The van der Waals surface area contributed by atoms with Crippen molar-refractivity contribution in [2.45, 2.75) is 13.5 Å². The van der Waals surface area contributed by atoms with Gasteiger partial charge in [0.15, 0.2) is 11.5 Å². The Labute approximate surface area is 139 Å². The van der Waals surface area contributed by atoms with Crippen molar-refractivity contribution in [2.24, 2.45) is 0 Å². The quantitative estimate of drug-likeness (QED) is 0.626. The molecule has 4 rings (SSSR count). The van der Waals surface area contributed by atoms with Gasteiger partial charge >= 0.3 is 0 Å². The van der Waals surface area contributed by atoms with Gasteiger partial charge in [-0.1, -0.05) is 36.4 Å². The van der Waals surface area contributed by atoms with E-state index in [1.807, 2.05) is 67.6 Å². The average Bonchev–Trinajstić information content (AvgIpc) is 3.04. The van der Waals surface area contributed by atoms with Gasteiger partial charge in [-0.15, -0.1) is 15.3 Å². The summed E-state index contributed by atoms with van der Waals surface area (Å²) in [7, 11) is 0. The van der Waals surface area contributed by atoms with Crippen LogP contribution in [0.5, 0.6) is 0 Å². The summed E-state index contributed by atoms with van der Waals surface area (Å²) in [5.41, 5.74) is 3.68. The summed E-state index contributed by atoms with van der Waals surface area (Å²) >= 11 is 0. The summed E-state index contributed by atoms with van der Waals surface area (Å²) in [6.45, 7) is 2.60. The summed E-state index contributed by atoms with van der Waals surface area (Å²) < 4.78 is 1.75. The third kappa shape index (κ3) is 2.81. The lowest BCUT2D eigenvalue weighted by atomic mass is 10.2. The van der Waals surface area contributed by atoms with E-state index in [1.165, 1.54) is 0 Å². The molecular formula is C18H16N6. The van der Waals surface area contributed by atoms with Gasteiger partial charge in [0, 0.05) is 11.3 Å². The number of hydrogen-bond acceptors (Lipinski definition) is 5. The molecule has 0 radical (unpaired) electrons. The third-order valence-corrected chi connectivity index (χ3v) is 3.69. The average molecular weight is 316 g/mol. The maximum Gasteiger partial charge on any atom is 0.185 e. The molecule has 3 heterocycles. The van der Waals surface area contributed by atoms with Crippen molar-refractivity contribution in [3.63, 3.8) is 0 Å². The molecule has 0 fully saturated rings. The predicted octanol–water partition coefficient (Wildman–Crippen LogP) is 3.11. The van der Waals surface area contributed by atoms with Gasteiger partial charge in [-0.2, -0.15) is 4.52 Å². The summed E-state index contributed by atoms with van der Waals surface area (Å²) in [5, 5.41) is 16.3. The highest BCUT2D eigenvalue weighted by molar-refractivity contribution is 5.59. The second-order valence-corrected chi connectivity index (χ2v) is 5.50. The number of rotatable bonds is 4. The SMILES string of the molecule is Cc1cccc(CNc2ccc3nnc(-c4ccccc4)n3n2)n1. The van der Waals surface area contributed by atoms with Crippen LogP contribution in [-0.2, 0) is 6.54 Å². The molecule has 0 aliphatic heterocycles. The molecule has 0 aliphatic carbocycles. The minimum absolute atomic E-state index is 0.614. The van der Waals surface area contributed by atoms with E-state index < -0.39 is 0 Å². The van der Waals surface area contributed by atoms with Crippen LogP contribution in [0.3, 0.4) is 0 Å². The highest BCUT2D eigenvalue weighted by atomic mass is 15.4. The van der Waals surface area contributed by atoms with Crippen LogP contribution < -0.4 is 5.32 Å². The molecule has 0 amide bonds. The van der Waals surface area contributed by atoms with Gasteiger partial charge in [0.2, 0.25) is 0 Å². The zero-order valence-corrected chi connectivity index (χ0v) is 13.2. The first kappa shape index (κ1) is 14.3. The van der Waals surface area contributed by atoms with Crippen molar-refractivity contribution in [3.8, 4) is 11.4 Å². The third-order valence-electron chi connectivity index (χ3n) is 3.69. The van der Waals surface area contributed by atoms with Gasteiger partial charge in [-0.3, -0.25) is 4.98 Å². The minimum atomic E-state index is 0.614. The Balaban J connectivity index is 1.63. The van der Waals surface area contributed by atoms with Crippen LogP contribution in [0.25, 0.3) is 17.0 Å². The molecule has 6 heteroatoms. The minimum Gasteiger partial charge on any atom is -0.363 e. The molecule has 24 heavy (non-hydrogen) atoms. The molecule has 118 valence electrons. The second-order valence-electron chi connectivity index (χ2n) is 5.50. The van der Waals surface area contributed by atoms with Crippen molar-refractivity contribution in [3.05, 3.63) is 72.1 Å². The highest BCUT2D eigenvalue weighted by Crippen LogP contribution is 2.18. The standard InChI is InChI=1S/C18H16N6/c1-13-6-5-9-15(20-13)12-19-16-10-11-17-21-22-18(24(17)23-16)14-7-3-2-4-8-14/h2-11H,12H2,1H3,(H,19,23). The summed E-state index contributed by atoms with van der Waals surface area (Å²) in [6.07, 6.45) is 0. The monoisotopic (exact) mass is 316 g/mol. The van der Waals surface area contributed by atoms with Crippen molar-refractivity contribution in [1.29, 1.82) is 0 Å². The fourth-order valence-corrected chi connectivity index (χ4v) is 2.53. The van der Waals surface area contributed by atoms with Gasteiger partial charge in [0.05, 0.1) is 12.2 Å². The van der Waals surface area contributed by atoms with Crippen LogP contribution in [0.15, 0.2) is 60.7 Å². The first-order chi connectivity index (χ1) is 11.8. The molecule has 0 spiro atoms. The first-order valence-corrected chi connectivity index (χ1v) is 7.74. The van der Waals surface area contributed by atoms with E-state index in [2.05, 4.69) is 25.6 Å². The number of pyridine rings is 1. The number of hydrogen-bond donors (Lipinski definition) is 1. The number of aromatic nitrogens is 5. The molecule has 3 aromatic heterocycles. The Kier molecular flexibility index (Phi) is 3.63. The zero-order valence-electron chi connectivity index (χ0n) is 13.2. The smallest absolute Gasteiger partial charge is 0.185 e. The van der Waals surface area contributed by atoms with Crippen molar-refractivity contribution in [1.82, 2.24) is 24.8 Å². The lowest BCUT2D eigenvalue weighted by Crippen LogP contribution is -2.06. The number of aryl methyl sites for hydroxylation is 1. The first-order valence-electron chi connectivity index (χ1n) is 7.74. The highest BCUT2D eigenvalue weighted by Gasteiger charge is 2.09. The fourth-order valence-electron chi connectivity index (χ4n) is 2.53. The van der Waals surface area contributed by atoms with Crippen LogP contribution in [0.4, 0.5) is 5.82 Å². The Hall–Kier alpha value is -3.28. The number of nitrogens with one attached hydrogen (secondary N) is 1. The van der Waals surface area contributed by atoms with Crippen LogP contribution in [-0.4, -0.2) is 24.8 Å². The van der Waals surface area contributed by atoms with E-state index in [-0.39, 0.29) is 0 Å². The maximum absolute atomic E-state index is 4.60. The van der Waals surface area contributed by atoms with E-state index in [9.17, 15) is 0 Å². The summed E-state index contributed by atoms with van der Waals surface area (Å²) in [6, 6.07) is 19.7.